The first-order valence-corrected chi connectivity index (χ1v) is 6.37. The third kappa shape index (κ3) is 3.23. The molecule has 5 nitrogen and oxygen atoms in total. The van der Waals surface area contributed by atoms with E-state index in [0.29, 0.717) is 16.4 Å². The van der Waals surface area contributed by atoms with Gasteiger partial charge < -0.3 is 10.5 Å². The quantitative estimate of drug-likeness (QED) is 0.526. The molecule has 0 unspecified atom stereocenters. The van der Waals surface area contributed by atoms with Gasteiger partial charge in [0.25, 0.3) is 0 Å². The molecule has 0 aliphatic heterocycles. The average Bonchev–Trinajstić information content (AvgIpc) is 2.40. The summed E-state index contributed by atoms with van der Waals surface area (Å²) in [5, 5.41) is 0.623. The second-order valence-corrected chi connectivity index (χ2v) is 4.84. The van der Waals surface area contributed by atoms with Crippen molar-refractivity contribution in [2.24, 2.45) is 0 Å². The highest BCUT2D eigenvalue weighted by Gasteiger charge is 2.10. The zero-order valence-electron chi connectivity index (χ0n) is 10.6. The number of nitrogens with two attached hydrogens (primary N) is 1. The maximum absolute atomic E-state index is 11.4. The van der Waals surface area contributed by atoms with E-state index < -0.39 is 5.97 Å². The van der Waals surface area contributed by atoms with Crippen LogP contribution in [-0.2, 0) is 4.74 Å². The molecule has 0 fully saturated rings. The molecule has 98 valence electrons. The predicted molar refractivity (Wildman–Crippen MR) is 73.1 cm³/mol. The van der Waals surface area contributed by atoms with Gasteiger partial charge in [-0.1, -0.05) is 0 Å². The first kappa shape index (κ1) is 13.4. The van der Waals surface area contributed by atoms with Gasteiger partial charge in [0.15, 0.2) is 5.16 Å². The van der Waals surface area contributed by atoms with Gasteiger partial charge in [-0.3, -0.25) is 0 Å². The molecule has 2 N–H and O–H groups in total. The van der Waals surface area contributed by atoms with Crippen molar-refractivity contribution in [3.63, 3.8) is 0 Å². The molecule has 0 saturated carbocycles. The van der Waals surface area contributed by atoms with Gasteiger partial charge in [-0.15, -0.1) is 0 Å². The Morgan fingerprint density at radius 1 is 1.37 bits per heavy atom. The number of benzene rings is 1. The fourth-order valence-electron chi connectivity index (χ4n) is 1.46. The minimum Gasteiger partial charge on any atom is -0.465 e. The molecule has 6 heteroatoms. The normalized spacial score (nSPS) is 10.2. The van der Waals surface area contributed by atoms with E-state index in [-0.39, 0.29) is 0 Å². The lowest BCUT2D eigenvalue weighted by Crippen LogP contribution is -2.02. The highest BCUT2D eigenvalue weighted by Crippen LogP contribution is 2.30. The van der Waals surface area contributed by atoms with Gasteiger partial charge in [0, 0.05) is 22.5 Å². The summed E-state index contributed by atoms with van der Waals surface area (Å²) in [6.07, 6.45) is 1.70. The fourth-order valence-corrected chi connectivity index (χ4v) is 2.27. The Labute approximate surface area is 115 Å². The van der Waals surface area contributed by atoms with Crippen molar-refractivity contribution in [3.05, 3.63) is 41.7 Å². The highest BCUT2D eigenvalue weighted by molar-refractivity contribution is 7.99. The van der Waals surface area contributed by atoms with Crippen LogP contribution in [0.1, 0.15) is 16.1 Å². The Bertz CT molecular complexity index is 617. The Balaban J connectivity index is 2.24. The van der Waals surface area contributed by atoms with Crippen molar-refractivity contribution in [1.82, 2.24) is 9.97 Å². The molecular weight excluding hydrogens is 262 g/mol. The smallest absolute Gasteiger partial charge is 0.337 e. The number of esters is 1. The van der Waals surface area contributed by atoms with Gasteiger partial charge in [-0.25, -0.2) is 14.8 Å². The van der Waals surface area contributed by atoms with Crippen LogP contribution in [0.4, 0.5) is 5.69 Å². The summed E-state index contributed by atoms with van der Waals surface area (Å²) in [7, 11) is 1.34. The van der Waals surface area contributed by atoms with Crippen LogP contribution >= 0.6 is 11.8 Å². The second-order valence-electron chi connectivity index (χ2n) is 3.83. The van der Waals surface area contributed by atoms with Crippen molar-refractivity contribution in [3.8, 4) is 0 Å². The van der Waals surface area contributed by atoms with E-state index in [2.05, 4.69) is 14.7 Å². The highest BCUT2D eigenvalue weighted by atomic mass is 32.2. The first-order chi connectivity index (χ1) is 9.10. The minimum atomic E-state index is -0.407. The summed E-state index contributed by atoms with van der Waals surface area (Å²) in [5.74, 6) is -0.407. The predicted octanol–water partition coefficient (Wildman–Crippen LogP) is 2.31. The van der Waals surface area contributed by atoms with Crippen molar-refractivity contribution in [2.75, 3.05) is 12.8 Å². The molecule has 1 heterocycles. The van der Waals surface area contributed by atoms with Crippen molar-refractivity contribution in [2.45, 2.75) is 17.0 Å². The molecule has 0 aliphatic carbocycles. The maximum atomic E-state index is 11.4. The van der Waals surface area contributed by atoms with Crippen LogP contribution in [-0.4, -0.2) is 23.0 Å². The topological polar surface area (TPSA) is 78.1 Å². The van der Waals surface area contributed by atoms with Gasteiger partial charge in [0.1, 0.15) is 0 Å². The molecule has 0 radical (unpaired) electrons. The van der Waals surface area contributed by atoms with E-state index in [1.54, 1.807) is 24.4 Å². The van der Waals surface area contributed by atoms with Crippen LogP contribution in [0.3, 0.4) is 0 Å². The lowest BCUT2D eigenvalue weighted by atomic mass is 10.2. The number of hydrogen-bond donors (Lipinski definition) is 1. The molecule has 0 atom stereocenters. The molecule has 0 spiro atoms. The molecule has 1 aromatic heterocycles. The summed E-state index contributed by atoms with van der Waals surface area (Å²) in [4.78, 5) is 20.6. The van der Waals surface area contributed by atoms with Crippen LogP contribution in [0.5, 0.6) is 0 Å². The summed E-state index contributed by atoms with van der Waals surface area (Å²) in [6.45, 7) is 1.90. The van der Waals surface area contributed by atoms with Gasteiger partial charge in [-0.2, -0.15) is 0 Å². The Morgan fingerprint density at radius 3 is 2.79 bits per heavy atom. The molecule has 2 aromatic rings. The van der Waals surface area contributed by atoms with E-state index in [9.17, 15) is 4.79 Å². The van der Waals surface area contributed by atoms with Crippen LogP contribution in [0.15, 0.2) is 40.5 Å². The van der Waals surface area contributed by atoms with Gasteiger partial charge in [-0.05, 0) is 43.0 Å². The lowest BCUT2D eigenvalue weighted by Gasteiger charge is -2.06. The number of anilines is 1. The molecule has 0 aliphatic rings. The Morgan fingerprint density at radius 2 is 2.16 bits per heavy atom. The SMILES string of the molecule is COC(=O)c1ccc(Sc2nccc(C)n2)c(N)c1. The largest absolute Gasteiger partial charge is 0.465 e. The molecule has 2 rings (SSSR count). The molecule has 0 amide bonds. The molecule has 0 saturated heterocycles. The van der Waals surface area contributed by atoms with Gasteiger partial charge >= 0.3 is 5.97 Å². The van der Waals surface area contributed by atoms with E-state index in [1.807, 2.05) is 13.0 Å². The molecule has 19 heavy (non-hydrogen) atoms. The van der Waals surface area contributed by atoms with Crippen LogP contribution in [0.2, 0.25) is 0 Å². The number of aromatic nitrogens is 2. The number of rotatable bonds is 3. The number of nitrogens with zero attached hydrogens (tertiary/aromatic N) is 2. The summed E-state index contributed by atoms with van der Waals surface area (Å²) in [6, 6.07) is 6.84. The lowest BCUT2D eigenvalue weighted by molar-refractivity contribution is 0.0600. The van der Waals surface area contributed by atoms with Crippen LogP contribution < -0.4 is 5.73 Å². The minimum absolute atomic E-state index is 0.407. The molecule has 1 aromatic carbocycles. The van der Waals surface area contributed by atoms with Crippen molar-refractivity contribution in [1.29, 1.82) is 0 Å². The van der Waals surface area contributed by atoms with Crippen molar-refractivity contribution >= 4 is 23.4 Å². The van der Waals surface area contributed by atoms with E-state index >= 15 is 0 Å². The molecular formula is C13H13N3O2S. The average molecular weight is 275 g/mol. The van der Waals surface area contributed by atoms with Crippen LogP contribution in [0.25, 0.3) is 0 Å². The van der Waals surface area contributed by atoms with Crippen LogP contribution in [0, 0.1) is 6.92 Å². The number of carbonyl (C=O) groups excluding carboxylic acids is 1. The summed E-state index contributed by atoms with van der Waals surface area (Å²) in [5.41, 5.74) is 7.73. The number of aryl methyl sites for hydroxylation is 1. The molecule has 0 bridgehead atoms. The second kappa shape index (κ2) is 5.71. The Hall–Kier alpha value is -2.08. The third-order valence-corrected chi connectivity index (χ3v) is 3.38. The van der Waals surface area contributed by atoms with Gasteiger partial charge in [0.2, 0.25) is 0 Å². The monoisotopic (exact) mass is 275 g/mol. The zero-order chi connectivity index (χ0) is 13.8. The number of carbonyl (C=O) groups is 1. The fraction of sp³-hybridized carbons (Fsp3) is 0.154. The van der Waals surface area contributed by atoms with Gasteiger partial charge in [0.05, 0.1) is 12.7 Å². The zero-order valence-corrected chi connectivity index (χ0v) is 11.4. The summed E-state index contributed by atoms with van der Waals surface area (Å²) >= 11 is 1.36. The number of hydrogen-bond acceptors (Lipinski definition) is 6. The summed E-state index contributed by atoms with van der Waals surface area (Å²) < 4.78 is 4.64. The third-order valence-electron chi connectivity index (χ3n) is 2.40. The number of ether oxygens (including phenoxy) is 1. The van der Waals surface area contributed by atoms with E-state index in [1.165, 1.54) is 18.9 Å². The number of methoxy groups -OCH3 is 1. The first-order valence-electron chi connectivity index (χ1n) is 5.55. The Kier molecular flexibility index (Phi) is 4.01. The maximum Gasteiger partial charge on any atom is 0.337 e. The van der Waals surface area contributed by atoms with E-state index in [0.717, 1.165) is 10.6 Å². The van der Waals surface area contributed by atoms with Crippen molar-refractivity contribution < 1.29 is 9.53 Å². The standard InChI is InChI=1S/C13H13N3O2S/c1-8-5-6-15-13(16-8)19-11-4-3-9(7-10(11)14)12(17)18-2/h3-7H,14H2,1-2H3. The number of nitrogen functional groups attached to an aromatic ring is 1. The van der Waals surface area contributed by atoms with E-state index in [4.69, 9.17) is 5.73 Å².